The molecule has 11 aromatic rings. The number of aromatic hydroxyl groups is 2. The minimum absolute atomic E-state index is 0. The molecule has 16 heteroatoms. The van der Waals surface area contributed by atoms with Crippen molar-refractivity contribution < 1.29 is 69.2 Å². The molecule has 0 unspecified atom stereocenters. The number of hydrogen-bond donors (Lipinski definition) is 2. The van der Waals surface area contributed by atoms with Crippen LogP contribution in [-0.2, 0) is 105 Å². The third kappa shape index (κ3) is 16.2. The Morgan fingerprint density at radius 3 is 0.913 bits per heavy atom. The summed E-state index contributed by atoms with van der Waals surface area (Å²) in [7, 11) is -7.83. The van der Waals surface area contributed by atoms with Crippen molar-refractivity contribution in [3.05, 3.63) is 190 Å². The van der Waals surface area contributed by atoms with E-state index in [2.05, 4.69) is 248 Å². The van der Waals surface area contributed by atoms with E-state index < -0.39 is 30.5 Å². The normalized spacial score (nSPS) is 13.2. The Balaban J connectivity index is 0.00000627. The summed E-state index contributed by atoms with van der Waals surface area (Å²) >= 11 is 0. The van der Waals surface area contributed by atoms with Gasteiger partial charge in [-0.2, -0.15) is 0 Å². The van der Waals surface area contributed by atoms with Gasteiger partial charge in [-0.3, -0.25) is 19.1 Å². The molecule has 0 amide bonds. The van der Waals surface area contributed by atoms with Crippen LogP contribution >= 0.6 is 0 Å². The van der Waals surface area contributed by atoms with Gasteiger partial charge in [-0.1, -0.05) is 243 Å². The van der Waals surface area contributed by atoms with E-state index in [4.69, 9.17) is 19.9 Å². The molecule has 0 saturated carbocycles. The second-order valence-electron chi connectivity index (χ2n) is 36.4. The number of sulfone groups is 2. The molecule has 3 aromatic heterocycles. The zero-order chi connectivity index (χ0) is 75.3. The van der Waals surface area contributed by atoms with Gasteiger partial charge in [0.25, 0.3) is 0 Å². The van der Waals surface area contributed by atoms with E-state index in [1.165, 1.54) is 18.8 Å². The smallest absolute Gasteiger partial charge is 0.161 e. The summed E-state index contributed by atoms with van der Waals surface area (Å²) < 4.78 is 60.7. The molecule has 104 heavy (non-hydrogen) atoms. The monoisotopic (exact) mass is 1790 g/mol. The van der Waals surface area contributed by atoms with Crippen LogP contribution in [0.25, 0.3) is 101 Å². The zero-order valence-corrected chi connectivity index (χ0v) is 71.5. The molecule has 8 aromatic carbocycles. The molecule has 0 saturated heterocycles. The van der Waals surface area contributed by atoms with E-state index in [1.54, 1.807) is 30.3 Å². The van der Waals surface area contributed by atoms with Crippen molar-refractivity contribution in [3.63, 3.8) is 0 Å². The maximum atomic E-state index is 14.1. The van der Waals surface area contributed by atoms with Crippen molar-refractivity contribution in [2.45, 2.75) is 219 Å². The first kappa shape index (κ1) is 80.7. The van der Waals surface area contributed by atoms with E-state index in [9.17, 15) is 27.0 Å². The molecule has 0 aliphatic rings. The number of phenols is 2. The van der Waals surface area contributed by atoms with Crippen molar-refractivity contribution in [1.29, 1.82) is 0 Å². The summed E-state index contributed by atoms with van der Waals surface area (Å²) in [6, 6.07) is 48.6. The van der Waals surface area contributed by atoms with Gasteiger partial charge in [-0.15, -0.1) is 47.5 Å². The number of para-hydroxylation sites is 2. The third-order valence-corrected chi connectivity index (χ3v) is 21.8. The first-order valence-electron chi connectivity index (χ1n) is 35.2. The second kappa shape index (κ2) is 27.5. The minimum Gasteiger partial charge on any atom is -0.507 e. The molecule has 554 valence electrons. The molecule has 0 aliphatic carbocycles. The molecule has 3 heterocycles. The summed E-state index contributed by atoms with van der Waals surface area (Å²) in [5.74, 6) is 1.27. The van der Waals surface area contributed by atoms with Crippen molar-refractivity contribution in [2.24, 2.45) is 0 Å². The van der Waals surface area contributed by atoms with Crippen LogP contribution in [-0.4, -0.2) is 68.6 Å². The van der Waals surface area contributed by atoms with Crippen molar-refractivity contribution in [1.82, 2.24) is 29.1 Å². The Kier molecular flexibility index (Phi) is 21.3. The van der Waals surface area contributed by atoms with Crippen molar-refractivity contribution >= 4 is 41.7 Å². The number of fused-ring (bicyclic) bond motifs is 2. The van der Waals surface area contributed by atoms with Crippen molar-refractivity contribution in [3.8, 4) is 90.4 Å². The average Bonchev–Trinajstić information content (AvgIpc) is 1.56. The fourth-order valence-corrected chi connectivity index (χ4v) is 14.4. The number of rotatable bonds is 10. The molecule has 0 aliphatic heterocycles. The van der Waals surface area contributed by atoms with Crippen LogP contribution in [0.15, 0.2) is 144 Å². The van der Waals surface area contributed by atoms with E-state index in [1.807, 2.05) is 36.4 Å². The Morgan fingerprint density at radius 2 is 0.635 bits per heavy atom. The zero-order valence-electron chi connectivity index (χ0n) is 65.4. The second-order valence-corrected chi connectivity index (χ2v) is 40.4. The number of aromatic nitrogens is 6. The molecule has 0 atom stereocenters. The summed E-state index contributed by atoms with van der Waals surface area (Å²) in [5, 5.41) is 25.4. The maximum absolute atomic E-state index is 14.1. The van der Waals surface area contributed by atoms with E-state index in [0.29, 0.717) is 78.6 Å². The topological polar surface area (TPSA) is 170 Å². The van der Waals surface area contributed by atoms with E-state index in [0.717, 1.165) is 66.9 Å². The van der Waals surface area contributed by atoms with Gasteiger partial charge in [-0.25, -0.2) is 26.8 Å². The fourth-order valence-electron chi connectivity index (χ4n) is 13.1. The van der Waals surface area contributed by atoms with Crippen molar-refractivity contribution in [2.75, 3.05) is 12.5 Å². The van der Waals surface area contributed by atoms with Gasteiger partial charge in [0.05, 0.1) is 39.5 Å². The molecular formula is C88H102N6O6Pt2S2-2. The molecule has 0 bridgehead atoms. The van der Waals surface area contributed by atoms with Crippen LogP contribution in [0.3, 0.4) is 0 Å². The summed E-state index contributed by atoms with van der Waals surface area (Å²) in [5.41, 5.74) is 14.2. The molecule has 2 N–H and O–H groups in total. The van der Waals surface area contributed by atoms with Gasteiger partial charge in [0, 0.05) is 98.3 Å². The van der Waals surface area contributed by atoms with Gasteiger partial charge < -0.3 is 10.2 Å². The SMILES string of the molecule is CC(C)(C)c1cc(-n2c(-c3cc(C(C)(C)C)cc(C(C)(C)C)c3O)nc3c(-c4[c-]c(-c5cc(-c6[c-]c(-c7cccc8c7nc(-c7cc(C(C)(C)C)cc(C(C)(C)C)c7O)n8-c7cc(C(C)(C)C)cc(C(C)(C)C)c7)cc(S(C)(=O)=O)c6)ncn5)cc(S(C)(=O)=O)c4)cccc32)cc(C(C)(C)C)c1.[Pt].[Pt]. The quantitative estimate of drug-likeness (QED) is 0.126. The summed E-state index contributed by atoms with van der Waals surface area (Å²) in [4.78, 5) is 20.7. The first-order chi connectivity index (χ1) is 46.7. The van der Waals surface area contributed by atoms with Crippen LogP contribution in [0.4, 0.5) is 0 Å². The number of phenolic OH excluding ortho intramolecular Hbond substituents is 2. The predicted octanol–water partition coefficient (Wildman–Crippen LogP) is 21.3. The number of hydrogen-bond acceptors (Lipinski definition) is 10. The van der Waals surface area contributed by atoms with E-state index in [-0.39, 0.29) is 95.9 Å². The third-order valence-electron chi connectivity index (χ3n) is 19.6. The molecule has 12 nitrogen and oxygen atoms in total. The standard InChI is InChI=1S/C88H102N6O6S2.2Pt/c1-81(2,3)55-39-56(82(4,5)6)42-61(41-55)93-73-31-27-29-65(75(73)91-79(93)67-45-59(85(13,14)15)47-69(77(67)95)87(19,20)21)51-33-53(37-63(35-51)101(25,97)98)71-49-72(90-50-89-71)54-34-52(36-64(38-54)102(26,99)100)66-30-28-32-74-76(66)92-80(68-46-60(86(16,17)18)48-70(78(68)96)88(22,23)24)94(74)62-43-57(83(7,8)9)40-58(44-62)84(10,11)12;;/h27-32,35-50,95-96H,1-26H3;;/q-2;;. The number of imidazole rings is 2. The Morgan fingerprint density at radius 1 is 0.346 bits per heavy atom. The number of benzene rings is 8. The van der Waals surface area contributed by atoms with Crippen LogP contribution in [0.5, 0.6) is 11.5 Å². The Hall–Kier alpha value is -7.34. The first-order valence-corrected chi connectivity index (χ1v) is 39.0. The van der Waals surface area contributed by atoms with Gasteiger partial charge >= 0.3 is 0 Å². The number of nitrogens with zero attached hydrogens (tertiary/aromatic N) is 6. The minimum atomic E-state index is -3.92. The molecular weight excluding hydrogens is 1690 g/mol. The largest absolute Gasteiger partial charge is 0.507 e. The predicted molar refractivity (Wildman–Crippen MR) is 421 cm³/mol. The maximum Gasteiger partial charge on any atom is 0.161 e. The average molecular weight is 1790 g/mol. The van der Waals surface area contributed by atoms with Gasteiger partial charge in [0.2, 0.25) is 0 Å². The van der Waals surface area contributed by atoms with Crippen LogP contribution in [0.1, 0.15) is 211 Å². The molecule has 0 fully saturated rings. The van der Waals surface area contributed by atoms with Crippen LogP contribution in [0.2, 0.25) is 0 Å². The van der Waals surface area contributed by atoms with Gasteiger partial charge in [-0.05, 0) is 125 Å². The summed E-state index contributed by atoms with van der Waals surface area (Å²) in [6.45, 7) is 52.0. The van der Waals surface area contributed by atoms with Crippen LogP contribution in [0, 0.1) is 12.1 Å². The molecule has 0 spiro atoms. The summed E-state index contributed by atoms with van der Waals surface area (Å²) in [6.07, 6.45) is 3.71. The van der Waals surface area contributed by atoms with Gasteiger partial charge in [0.1, 0.15) is 23.1 Å². The van der Waals surface area contributed by atoms with E-state index >= 15 is 0 Å². The fraction of sp³-hybridized carbons (Fsp3) is 0.386. The molecule has 11 rings (SSSR count). The van der Waals surface area contributed by atoms with Gasteiger partial charge in [0.15, 0.2) is 19.7 Å². The van der Waals surface area contributed by atoms with Crippen LogP contribution < -0.4 is 0 Å². The molecule has 0 radical (unpaired) electrons. The Bertz CT molecular complexity index is 5060. The Labute approximate surface area is 647 Å².